The van der Waals surface area contributed by atoms with Crippen LogP contribution in [0.1, 0.15) is 55.2 Å². The number of piperidine rings is 1. The van der Waals surface area contributed by atoms with Crippen molar-refractivity contribution in [1.82, 2.24) is 15.1 Å². The molecule has 0 bridgehead atoms. The fourth-order valence-corrected chi connectivity index (χ4v) is 4.87. The predicted molar refractivity (Wildman–Crippen MR) is 112 cm³/mol. The molecular formula is C23H27N5O. The Balaban J connectivity index is 1.45. The van der Waals surface area contributed by atoms with E-state index in [1.807, 2.05) is 0 Å². The van der Waals surface area contributed by atoms with E-state index in [1.54, 1.807) is 12.1 Å². The van der Waals surface area contributed by atoms with Crippen LogP contribution in [0.15, 0.2) is 18.2 Å². The lowest BCUT2D eigenvalue weighted by Crippen LogP contribution is -2.43. The maximum atomic E-state index is 10.5. The van der Waals surface area contributed by atoms with Crippen LogP contribution in [0.3, 0.4) is 0 Å². The van der Waals surface area contributed by atoms with Gasteiger partial charge in [-0.2, -0.15) is 5.26 Å². The lowest BCUT2D eigenvalue weighted by molar-refractivity contribution is 0.207. The number of nitrogens with one attached hydrogen (secondary N) is 1. The smallest absolute Gasteiger partial charge is 0.152 e. The lowest BCUT2D eigenvalue weighted by Gasteiger charge is -2.34. The number of aromatic nitrogens is 2. The topological polar surface area (TPSA) is 85.1 Å². The third-order valence-corrected chi connectivity index (χ3v) is 6.53. The summed E-state index contributed by atoms with van der Waals surface area (Å²) in [6.45, 7) is 2.32. The highest BCUT2D eigenvalue weighted by Crippen LogP contribution is 2.37. The third kappa shape index (κ3) is 3.67. The molecule has 1 aromatic heterocycles. The van der Waals surface area contributed by atoms with Gasteiger partial charge in [0, 0.05) is 29.8 Å². The van der Waals surface area contributed by atoms with E-state index in [1.165, 1.54) is 49.4 Å². The van der Waals surface area contributed by atoms with E-state index >= 15 is 0 Å². The van der Waals surface area contributed by atoms with Crippen molar-refractivity contribution in [3.8, 4) is 23.1 Å². The second-order valence-corrected chi connectivity index (χ2v) is 8.61. The minimum atomic E-state index is 0.0965. The second kappa shape index (κ2) is 7.64. The maximum absolute atomic E-state index is 10.5. The fraction of sp³-hybridized carbons (Fsp3) is 0.522. The Bertz CT molecular complexity index is 962. The van der Waals surface area contributed by atoms with Gasteiger partial charge in [-0.25, -0.2) is 0 Å². The highest BCUT2D eigenvalue weighted by atomic mass is 16.3. The van der Waals surface area contributed by atoms with Crippen LogP contribution in [0.4, 0.5) is 5.82 Å². The normalized spacial score (nSPS) is 22.0. The minimum Gasteiger partial charge on any atom is -0.507 e. The number of likely N-dealkylation sites (tertiary alicyclic amines) is 1. The molecule has 1 atom stereocenters. The number of benzene rings is 1. The van der Waals surface area contributed by atoms with E-state index in [4.69, 9.17) is 5.26 Å². The first kappa shape index (κ1) is 18.4. The summed E-state index contributed by atoms with van der Waals surface area (Å²) in [6, 6.07) is 8.33. The molecule has 1 saturated carbocycles. The van der Waals surface area contributed by atoms with Gasteiger partial charge in [-0.3, -0.25) is 4.90 Å². The number of nitrogens with zero attached hydrogens (tertiary/aromatic N) is 4. The molecule has 0 amide bonds. The first-order valence-electron chi connectivity index (χ1n) is 10.9. The molecule has 29 heavy (non-hydrogen) atoms. The van der Waals surface area contributed by atoms with Gasteiger partial charge in [0.15, 0.2) is 5.82 Å². The molecule has 1 saturated heterocycles. The van der Waals surface area contributed by atoms with Crippen molar-refractivity contribution in [2.45, 2.75) is 63.5 Å². The van der Waals surface area contributed by atoms with Crippen LogP contribution >= 0.6 is 0 Å². The quantitative estimate of drug-likeness (QED) is 0.830. The molecule has 1 aromatic carbocycles. The van der Waals surface area contributed by atoms with Crippen molar-refractivity contribution < 1.29 is 5.11 Å². The Hall–Kier alpha value is -2.65. The largest absolute Gasteiger partial charge is 0.507 e. The lowest BCUT2D eigenvalue weighted by atomic mass is 9.88. The Morgan fingerprint density at radius 2 is 1.90 bits per heavy atom. The number of anilines is 1. The molecule has 1 unspecified atom stereocenters. The molecule has 6 nitrogen and oxygen atoms in total. The van der Waals surface area contributed by atoms with Crippen LogP contribution in [-0.4, -0.2) is 45.4 Å². The summed E-state index contributed by atoms with van der Waals surface area (Å²) in [5, 5.41) is 32.3. The SMILES string of the molecule is N#Cc1ccc(-c2nnc(NC3CCCN(C4CC4)C3)c3c2CCCC3)c(O)c1. The van der Waals surface area contributed by atoms with E-state index in [9.17, 15) is 5.11 Å². The number of rotatable bonds is 4. The van der Waals surface area contributed by atoms with Gasteiger partial charge in [0.05, 0.1) is 11.6 Å². The molecule has 2 aliphatic carbocycles. The van der Waals surface area contributed by atoms with Crippen LogP contribution in [0.25, 0.3) is 11.3 Å². The van der Waals surface area contributed by atoms with Gasteiger partial charge in [0.2, 0.25) is 0 Å². The number of nitriles is 1. The number of hydrogen-bond acceptors (Lipinski definition) is 6. The number of fused-ring (bicyclic) bond motifs is 1. The van der Waals surface area contributed by atoms with Crippen molar-refractivity contribution in [2.75, 3.05) is 18.4 Å². The molecule has 0 spiro atoms. The molecule has 5 rings (SSSR count). The van der Waals surface area contributed by atoms with Gasteiger partial charge >= 0.3 is 0 Å². The van der Waals surface area contributed by atoms with E-state index < -0.39 is 0 Å². The Labute approximate surface area is 171 Å². The molecule has 2 aromatic rings. The van der Waals surface area contributed by atoms with E-state index in [0.717, 1.165) is 49.8 Å². The zero-order valence-electron chi connectivity index (χ0n) is 16.7. The van der Waals surface area contributed by atoms with Gasteiger partial charge in [0.25, 0.3) is 0 Å². The van der Waals surface area contributed by atoms with Crippen LogP contribution in [0.5, 0.6) is 5.75 Å². The molecule has 3 aliphatic rings. The van der Waals surface area contributed by atoms with Gasteiger partial charge in [0.1, 0.15) is 11.4 Å². The zero-order chi connectivity index (χ0) is 19.8. The van der Waals surface area contributed by atoms with Crippen molar-refractivity contribution in [1.29, 1.82) is 5.26 Å². The predicted octanol–water partition coefficient (Wildman–Crippen LogP) is 3.64. The fourth-order valence-electron chi connectivity index (χ4n) is 4.87. The van der Waals surface area contributed by atoms with Crippen LogP contribution < -0.4 is 5.32 Å². The Kier molecular flexibility index (Phi) is 4.84. The average molecular weight is 390 g/mol. The summed E-state index contributed by atoms with van der Waals surface area (Å²) in [4.78, 5) is 2.63. The monoisotopic (exact) mass is 389 g/mol. The minimum absolute atomic E-state index is 0.0965. The van der Waals surface area contributed by atoms with Gasteiger partial charge in [-0.1, -0.05) is 0 Å². The summed E-state index contributed by atoms with van der Waals surface area (Å²) in [5.41, 5.74) is 4.33. The molecule has 1 aliphatic heterocycles. The molecule has 2 fully saturated rings. The Morgan fingerprint density at radius 3 is 2.66 bits per heavy atom. The number of hydrogen-bond donors (Lipinski definition) is 2. The molecule has 2 N–H and O–H groups in total. The first-order chi connectivity index (χ1) is 14.2. The summed E-state index contributed by atoms with van der Waals surface area (Å²) in [5.74, 6) is 1.03. The highest BCUT2D eigenvalue weighted by molar-refractivity contribution is 5.73. The van der Waals surface area contributed by atoms with Gasteiger partial charge < -0.3 is 10.4 Å². The number of aromatic hydroxyl groups is 1. The molecule has 6 heteroatoms. The summed E-state index contributed by atoms with van der Waals surface area (Å²) in [7, 11) is 0. The van der Waals surface area contributed by atoms with E-state index in [2.05, 4.69) is 26.5 Å². The van der Waals surface area contributed by atoms with Crippen LogP contribution in [0.2, 0.25) is 0 Å². The number of phenols is 1. The maximum Gasteiger partial charge on any atom is 0.152 e. The summed E-state index contributed by atoms with van der Waals surface area (Å²) in [6.07, 6.45) is 9.35. The van der Waals surface area contributed by atoms with Crippen LogP contribution in [-0.2, 0) is 12.8 Å². The second-order valence-electron chi connectivity index (χ2n) is 8.61. The van der Waals surface area contributed by atoms with Crippen molar-refractivity contribution in [3.05, 3.63) is 34.9 Å². The Morgan fingerprint density at radius 1 is 1.07 bits per heavy atom. The highest BCUT2D eigenvalue weighted by Gasteiger charge is 2.33. The van der Waals surface area contributed by atoms with Crippen molar-refractivity contribution in [3.63, 3.8) is 0 Å². The molecule has 0 radical (unpaired) electrons. The molecule has 150 valence electrons. The van der Waals surface area contributed by atoms with Crippen LogP contribution in [0, 0.1) is 11.3 Å². The summed E-state index contributed by atoms with van der Waals surface area (Å²) >= 11 is 0. The van der Waals surface area contributed by atoms with E-state index in [-0.39, 0.29) is 5.75 Å². The standard InChI is InChI=1S/C23H27N5O/c24-13-15-7-10-20(21(29)12-15)22-18-5-1-2-6-19(18)23(27-26-22)25-16-4-3-11-28(14-16)17-8-9-17/h7,10,12,16-17,29H,1-6,8-9,11,14H2,(H,25,27). The van der Waals surface area contributed by atoms with Crippen molar-refractivity contribution >= 4 is 5.82 Å². The molecular weight excluding hydrogens is 362 g/mol. The zero-order valence-corrected chi connectivity index (χ0v) is 16.7. The average Bonchev–Trinajstić information content (AvgIpc) is 3.60. The van der Waals surface area contributed by atoms with Crippen molar-refractivity contribution in [2.24, 2.45) is 0 Å². The third-order valence-electron chi connectivity index (χ3n) is 6.53. The first-order valence-corrected chi connectivity index (χ1v) is 10.9. The van der Waals surface area contributed by atoms with E-state index in [0.29, 0.717) is 17.2 Å². The molecule has 2 heterocycles. The van der Waals surface area contributed by atoms with Gasteiger partial charge in [-0.15, -0.1) is 10.2 Å². The summed E-state index contributed by atoms with van der Waals surface area (Å²) < 4.78 is 0. The number of phenolic OH excluding ortho intramolecular Hbond substituents is 1. The van der Waals surface area contributed by atoms with Gasteiger partial charge in [-0.05, 0) is 81.7 Å².